The average Bonchev–Trinajstić information content (AvgIpc) is 3.11. The first-order valence-corrected chi connectivity index (χ1v) is 15.3. The van der Waals surface area contributed by atoms with Crippen LogP contribution in [-0.2, 0) is 10.0 Å². The summed E-state index contributed by atoms with van der Waals surface area (Å²) in [5.74, 6) is 0.650. The zero-order valence-corrected chi connectivity index (χ0v) is 23.0. The quantitative estimate of drug-likeness (QED) is 0.447. The van der Waals surface area contributed by atoms with Crippen LogP contribution in [-0.4, -0.2) is 48.5 Å². The van der Waals surface area contributed by atoms with Gasteiger partial charge < -0.3 is 4.74 Å². The molecule has 2 atom stereocenters. The third-order valence-electron chi connectivity index (χ3n) is 8.43. The number of rotatable bonds is 2. The Balaban J connectivity index is 1.46. The Bertz CT molecular complexity index is 1410. The lowest BCUT2D eigenvalue weighted by Crippen LogP contribution is -2.42. The standard InChI is InChI=1S/C30H36N4O3S/c1-20-8-6-9-21(2)29(20)27-18-28-32-30(31-27)33-38(35,36)26-13-7-10-22(17-26)23-14-15-34(19-25(16-23)37-28)24-11-4-3-5-12-24/h6-10,13,17-18,23-25H,3-5,11-12,14-16,19H2,1-2H3,(H,31,32,33)/t23?,25-/m0/s1. The van der Waals surface area contributed by atoms with Crippen LogP contribution in [0.3, 0.4) is 0 Å². The summed E-state index contributed by atoms with van der Waals surface area (Å²) in [6.07, 6.45) is 8.12. The van der Waals surface area contributed by atoms with Crippen molar-refractivity contribution in [3.8, 4) is 17.1 Å². The van der Waals surface area contributed by atoms with Gasteiger partial charge in [0, 0.05) is 24.2 Å². The van der Waals surface area contributed by atoms with E-state index in [0.717, 1.165) is 48.2 Å². The summed E-state index contributed by atoms with van der Waals surface area (Å²) in [6.45, 7) is 5.92. The van der Waals surface area contributed by atoms with Gasteiger partial charge in [-0.3, -0.25) is 4.90 Å². The summed E-state index contributed by atoms with van der Waals surface area (Å²) in [7, 11) is -3.87. The molecule has 1 N–H and O–H groups in total. The van der Waals surface area contributed by atoms with E-state index in [9.17, 15) is 8.42 Å². The van der Waals surface area contributed by atoms with Crippen molar-refractivity contribution in [3.63, 3.8) is 0 Å². The smallest absolute Gasteiger partial charge is 0.264 e. The number of nitrogens with one attached hydrogen (secondary N) is 1. The maximum atomic E-state index is 13.4. The van der Waals surface area contributed by atoms with Crippen molar-refractivity contribution in [2.75, 3.05) is 17.8 Å². The highest BCUT2D eigenvalue weighted by atomic mass is 32.2. The van der Waals surface area contributed by atoms with E-state index in [4.69, 9.17) is 4.74 Å². The maximum absolute atomic E-state index is 13.4. The molecule has 38 heavy (non-hydrogen) atoms. The van der Waals surface area contributed by atoms with Crippen LogP contribution < -0.4 is 9.46 Å². The van der Waals surface area contributed by atoms with Crippen molar-refractivity contribution in [1.29, 1.82) is 0 Å². The van der Waals surface area contributed by atoms with Crippen LogP contribution in [0.25, 0.3) is 11.3 Å². The molecule has 1 unspecified atom stereocenters. The molecule has 1 aromatic heterocycles. The minimum absolute atomic E-state index is 0.0282. The Morgan fingerprint density at radius 1 is 0.947 bits per heavy atom. The lowest BCUT2D eigenvalue weighted by molar-refractivity contribution is 0.0942. The minimum Gasteiger partial charge on any atom is -0.473 e. The fraction of sp³-hybridized carbons (Fsp3) is 0.467. The summed E-state index contributed by atoms with van der Waals surface area (Å²) in [5.41, 5.74) is 4.80. The number of hydrogen-bond donors (Lipinski definition) is 1. The van der Waals surface area contributed by atoms with Crippen molar-refractivity contribution in [1.82, 2.24) is 14.9 Å². The SMILES string of the molecule is Cc1cccc(C)c1-c1cc2nc(n1)NS(=O)(=O)c1cccc(c1)C1CCN(C3CCCCC3)C[C@H](C1)O2. The molecule has 200 valence electrons. The van der Waals surface area contributed by atoms with Gasteiger partial charge in [0.2, 0.25) is 11.8 Å². The Hall–Kier alpha value is -2.97. The third-order valence-corrected chi connectivity index (χ3v) is 9.76. The average molecular weight is 533 g/mol. The van der Waals surface area contributed by atoms with Crippen LogP contribution in [0.5, 0.6) is 5.88 Å². The van der Waals surface area contributed by atoms with Crippen molar-refractivity contribution < 1.29 is 13.2 Å². The number of aryl methyl sites for hydroxylation is 2. The number of aromatic nitrogens is 2. The first-order chi connectivity index (χ1) is 18.4. The molecule has 1 aliphatic carbocycles. The molecule has 3 aliphatic rings. The second kappa shape index (κ2) is 10.3. The molecule has 2 aliphatic heterocycles. The second-order valence-electron chi connectivity index (χ2n) is 11.1. The van der Waals surface area contributed by atoms with Gasteiger partial charge in [-0.2, -0.15) is 4.98 Å². The van der Waals surface area contributed by atoms with Gasteiger partial charge in [-0.1, -0.05) is 49.6 Å². The molecule has 1 saturated carbocycles. The lowest BCUT2D eigenvalue weighted by atomic mass is 9.91. The molecule has 0 spiro atoms. The normalized spacial score (nSPS) is 23.7. The van der Waals surface area contributed by atoms with Gasteiger partial charge in [-0.25, -0.2) is 18.1 Å². The van der Waals surface area contributed by atoms with E-state index in [1.807, 2.05) is 50.2 Å². The summed E-state index contributed by atoms with van der Waals surface area (Å²) in [6, 6.07) is 15.9. The van der Waals surface area contributed by atoms with Gasteiger partial charge in [-0.15, -0.1) is 0 Å². The first kappa shape index (κ1) is 25.3. The topological polar surface area (TPSA) is 84.4 Å². The lowest BCUT2D eigenvalue weighted by Gasteiger charge is -2.35. The summed E-state index contributed by atoms with van der Waals surface area (Å²) < 4.78 is 36.1. The Morgan fingerprint density at radius 2 is 1.71 bits per heavy atom. The molecule has 3 heterocycles. The molecule has 1 saturated heterocycles. The fourth-order valence-electron chi connectivity index (χ4n) is 6.51. The number of nitrogens with zero attached hydrogens (tertiary/aromatic N) is 3. The number of anilines is 1. The molecule has 6 rings (SSSR count). The van der Waals surface area contributed by atoms with E-state index in [1.165, 1.54) is 32.1 Å². The van der Waals surface area contributed by atoms with Crippen molar-refractivity contribution in [2.24, 2.45) is 0 Å². The highest BCUT2D eigenvalue weighted by molar-refractivity contribution is 7.92. The van der Waals surface area contributed by atoms with Crippen LogP contribution >= 0.6 is 0 Å². The van der Waals surface area contributed by atoms with E-state index in [0.29, 0.717) is 17.6 Å². The number of sulfonamides is 1. The number of fused-ring (bicyclic) bond motifs is 7. The Kier molecular flexibility index (Phi) is 6.86. The largest absolute Gasteiger partial charge is 0.473 e. The van der Waals surface area contributed by atoms with Crippen LogP contribution in [0.1, 0.15) is 67.6 Å². The monoisotopic (exact) mass is 532 g/mol. The number of benzene rings is 2. The zero-order valence-electron chi connectivity index (χ0n) is 22.2. The second-order valence-corrected chi connectivity index (χ2v) is 12.8. The van der Waals surface area contributed by atoms with E-state index < -0.39 is 10.0 Å². The van der Waals surface area contributed by atoms with Crippen LogP contribution in [0.2, 0.25) is 0 Å². The van der Waals surface area contributed by atoms with Gasteiger partial charge in [0.25, 0.3) is 10.0 Å². The Morgan fingerprint density at radius 3 is 2.50 bits per heavy atom. The van der Waals surface area contributed by atoms with E-state index in [-0.39, 0.29) is 22.9 Å². The van der Waals surface area contributed by atoms with Gasteiger partial charge >= 0.3 is 0 Å². The number of hydrogen-bond acceptors (Lipinski definition) is 6. The van der Waals surface area contributed by atoms with Gasteiger partial charge in [0.1, 0.15) is 6.10 Å². The van der Waals surface area contributed by atoms with Gasteiger partial charge in [0.15, 0.2) is 0 Å². The van der Waals surface area contributed by atoms with Gasteiger partial charge in [-0.05, 0) is 80.8 Å². The fourth-order valence-corrected chi connectivity index (χ4v) is 7.51. The van der Waals surface area contributed by atoms with E-state index >= 15 is 0 Å². The van der Waals surface area contributed by atoms with Crippen molar-refractivity contribution in [2.45, 2.75) is 81.8 Å². The maximum Gasteiger partial charge on any atom is 0.264 e. The molecule has 3 aromatic rings. The molecule has 8 heteroatoms. The molecule has 2 aromatic carbocycles. The predicted octanol–water partition coefficient (Wildman–Crippen LogP) is 5.83. The Labute approximate surface area is 225 Å². The van der Waals surface area contributed by atoms with Crippen molar-refractivity contribution >= 4 is 16.0 Å². The predicted molar refractivity (Wildman–Crippen MR) is 149 cm³/mol. The molecule has 6 bridgehead atoms. The van der Waals surface area contributed by atoms with Gasteiger partial charge in [0.05, 0.1) is 10.6 Å². The van der Waals surface area contributed by atoms with E-state index in [2.05, 4.69) is 25.7 Å². The summed E-state index contributed by atoms with van der Waals surface area (Å²) in [4.78, 5) is 12.1. The zero-order chi connectivity index (χ0) is 26.3. The molecule has 7 nitrogen and oxygen atoms in total. The highest BCUT2D eigenvalue weighted by Gasteiger charge is 2.32. The molecular formula is C30H36N4O3S. The van der Waals surface area contributed by atoms with Crippen LogP contribution in [0, 0.1) is 13.8 Å². The first-order valence-electron chi connectivity index (χ1n) is 13.8. The number of likely N-dealkylation sites (tertiary alicyclic amines) is 1. The minimum atomic E-state index is -3.87. The summed E-state index contributed by atoms with van der Waals surface area (Å²) in [5, 5.41) is 0. The van der Waals surface area contributed by atoms with Crippen molar-refractivity contribution in [3.05, 3.63) is 65.2 Å². The number of ether oxygens (including phenoxy) is 1. The molecule has 0 radical (unpaired) electrons. The van der Waals surface area contributed by atoms with Crippen LogP contribution in [0.4, 0.5) is 5.95 Å². The van der Waals surface area contributed by atoms with E-state index in [1.54, 1.807) is 6.07 Å². The molecule has 0 amide bonds. The third kappa shape index (κ3) is 5.16. The van der Waals surface area contributed by atoms with Crippen LogP contribution in [0.15, 0.2) is 53.4 Å². The molecular weight excluding hydrogens is 496 g/mol. The summed E-state index contributed by atoms with van der Waals surface area (Å²) >= 11 is 0. The highest BCUT2D eigenvalue weighted by Crippen LogP contribution is 2.36. The molecule has 2 fully saturated rings.